The van der Waals surface area contributed by atoms with Crippen LogP contribution >= 0.6 is 23.4 Å². The average molecular weight is 387 g/mol. The Kier molecular flexibility index (Phi) is 5.75. The second-order valence-corrected chi connectivity index (χ2v) is 6.68. The number of thioether (sulfide) groups is 1. The summed E-state index contributed by atoms with van der Waals surface area (Å²) < 4.78 is 6.56. The number of hydrogen-bond donors (Lipinski definition) is 0. The number of rotatable bonds is 6. The normalized spacial score (nSPS) is 10.5. The van der Waals surface area contributed by atoms with Crippen molar-refractivity contribution in [3.8, 4) is 11.4 Å². The van der Waals surface area contributed by atoms with E-state index in [0.29, 0.717) is 22.0 Å². The summed E-state index contributed by atoms with van der Waals surface area (Å²) in [6.07, 6.45) is 3.08. The second kappa shape index (κ2) is 8.21. The first kappa shape index (κ1) is 18.2. The van der Waals surface area contributed by atoms with Crippen LogP contribution in [0.1, 0.15) is 10.4 Å². The summed E-state index contributed by atoms with van der Waals surface area (Å²) in [5.41, 5.74) is 0.900. The topological polar surface area (TPSA) is 61.2 Å². The third kappa shape index (κ3) is 3.98. The molecular weight excluding hydrogens is 372 g/mol. The Balaban J connectivity index is 1.82. The maximum atomic E-state index is 12.7. The van der Waals surface area contributed by atoms with Gasteiger partial charge in [0.05, 0.1) is 23.6 Å². The largest absolute Gasteiger partial charge is 0.495 e. The van der Waals surface area contributed by atoms with Gasteiger partial charge in [-0.1, -0.05) is 53.7 Å². The molecule has 3 rings (SSSR count). The van der Waals surface area contributed by atoms with Gasteiger partial charge in [0, 0.05) is 18.0 Å². The molecule has 26 heavy (non-hydrogen) atoms. The number of carbonyl (C=O) groups is 1. The third-order valence-corrected chi connectivity index (χ3v) is 4.91. The standard InChI is InChI=1S/C19H15ClN2O3S/c1-25-17-8-7-14(11-15(17)20)22-10-9-21-18(19(22)24)26-12-16(23)13-5-3-2-4-6-13/h2-11H,12H2,1H3. The Morgan fingerprint density at radius 1 is 1.23 bits per heavy atom. The number of hydrogen-bond acceptors (Lipinski definition) is 5. The summed E-state index contributed by atoms with van der Waals surface area (Å²) in [7, 11) is 1.53. The fourth-order valence-electron chi connectivity index (χ4n) is 2.34. The van der Waals surface area contributed by atoms with E-state index in [1.54, 1.807) is 48.7 Å². The summed E-state index contributed by atoms with van der Waals surface area (Å²) in [6, 6.07) is 14.0. The smallest absolute Gasteiger partial charge is 0.287 e. The van der Waals surface area contributed by atoms with E-state index < -0.39 is 0 Å². The molecule has 3 aromatic rings. The summed E-state index contributed by atoms with van der Waals surface area (Å²) >= 11 is 7.26. The first-order chi connectivity index (χ1) is 12.6. The molecule has 7 heteroatoms. The van der Waals surface area contributed by atoms with Gasteiger partial charge in [-0.2, -0.15) is 0 Å². The molecule has 0 fully saturated rings. The van der Waals surface area contributed by atoms with Crippen LogP contribution in [-0.2, 0) is 0 Å². The lowest BCUT2D eigenvalue weighted by Gasteiger charge is -2.09. The zero-order valence-corrected chi connectivity index (χ0v) is 15.5. The van der Waals surface area contributed by atoms with Gasteiger partial charge in [-0.15, -0.1) is 0 Å². The van der Waals surface area contributed by atoms with Crippen molar-refractivity contribution >= 4 is 29.1 Å². The first-order valence-electron chi connectivity index (χ1n) is 7.73. The molecule has 0 N–H and O–H groups in total. The van der Waals surface area contributed by atoms with E-state index in [1.165, 1.54) is 17.9 Å². The van der Waals surface area contributed by atoms with Crippen LogP contribution in [0.25, 0.3) is 5.69 Å². The monoisotopic (exact) mass is 386 g/mol. The van der Waals surface area contributed by atoms with Crippen molar-refractivity contribution in [1.82, 2.24) is 9.55 Å². The molecule has 0 bridgehead atoms. The van der Waals surface area contributed by atoms with Gasteiger partial charge >= 0.3 is 0 Å². The summed E-state index contributed by atoms with van der Waals surface area (Å²) in [4.78, 5) is 29.0. The minimum absolute atomic E-state index is 0.0558. The van der Waals surface area contributed by atoms with E-state index in [0.717, 1.165) is 11.8 Å². The van der Waals surface area contributed by atoms with Crippen LogP contribution in [0.2, 0.25) is 5.02 Å². The minimum Gasteiger partial charge on any atom is -0.495 e. The highest BCUT2D eigenvalue weighted by Gasteiger charge is 2.12. The summed E-state index contributed by atoms with van der Waals surface area (Å²) in [6.45, 7) is 0. The molecule has 0 saturated heterocycles. The van der Waals surface area contributed by atoms with Crippen LogP contribution in [-0.4, -0.2) is 28.2 Å². The van der Waals surface area contributed by atoms with Gasteiger partial charge in [0.2, 0.25) is 0 Å². The number of carbonyl (C=O) groups excluding carboxylic acids is 1. The number of benzene rings is 2. The van der Waals surface area contributed by atoms with Crippen molar-refractivity contribution in [2.75, 3.05) is 12.9 Å². The lowest BCUT2D eigenvalue weighted by atomic mass is 10.2. The molecule has 2 aromatic carbocycles. The van der Waals surface area contributed by atoms with Crippen molar-refractivity contribution in [2.24, 2.45) is 0 Å². The number of methoxy groups -OCH3 is 1. The minimum atomic E-state index is -0.306. The number of nitrogens with zero attached hydrogens (tertiary/aromatic N) is 2. The van der Waals surface area contributed by atoms with Crippen molar-refractivity contribution in [3.63, 3.8) is 0 Å². The second-order valence-electron chi connectivity index (χ2n) is 5.30. The molecule has 1 aromatic heterocycles. The Labute approximate surface area is 159 Å². The maximum absolute atomic E-state index is 12.7. The molecule has 0 aliphatic carbocycles. The predicted molar refractivity (Wildman–Crippen MR) is 103 cm³/mol. The van der Waals surface area contributed by atoms with Gasteiger partial charge in [0.25, 0.3) is 5.56 Å². The highest BCUT2D eigenvalue weighted by Crippen LogP contribution is 2.26. The van der Waals surface area contributed by atoms with E-state index in [2.05, 4.69) is 4.98 Å². The van der Waals surface area contributed by atoms with Crippen molar-refractivity contribution in [3.05, 3.63) is 81.9 Å². The molecule has 1 heterocycles. The average Bonchev–Trinajstić information content (AvgIpc) is 2.67. The summed E-state index contributed by atoms with van der Waals surface area (Å²) in [5, 5.41) is 0.658. The highest BCUT2D eigenvalue weighted by molar-refractivity contribution is 7.99. The first-order valence-corrected chi connectivity index (χ1v) is 9.09. The van der Waals surface area contributed by atoms with Crippen LogP contribution < -0.4 is 10.3 Å². The van der Waals surface area contributed by atoms with Crippen molar-refractivity contribution < 1.29 is 9.53 Å². The van der Waals surface area contributed by atoms with Gasteiger partial charge in [-0.05, 0) is 18.2 Å². The van der Waals surface area contributed by atoms with Gasteiger partial charge in [0.1, 0.15) is 5.75 Å². The van der Waals surface area contributed by atoms with Gasteiger partial charge in [0.15, 0.2) is 10.8 Å². The summed E-state index contributed by atoms with van der Waals surface area (Å²) in [5.74, 6) is 0.611. The molecule has 0 radical (unpaired) electrons. The zero-order valence-electron chi connectivity index (χ0n) is 13.9. The number of ketones is 1. The predicted octanol–water partition coefficient (Wildman–Crippen LogP) is 3.87. The van der Waals surface area contributed by atoms with E-state index in [1.807, 2.05) is 6.07 Å². The molecule has 0 amide bonds. The van der Waals surface area contributed by atoms with Crippen LogP contribution in [0, 0.1) is 0 Å². The maximum Gasteiger partial charge on any atom is 0.287 e. The molecule has 5 nitrogen and oxygen atoms in total. The van der Waals surface area contributed by atoms with Crippen LogP contribution in [0.5, 0.6) is 5.75 Å². The fraction of sp³-hybridized carbons (Fsp3) is 0.105. The van der Waals surface area contributed by atoms with Crippen LogP contribution in [0.3, 0.4) is 0 Å². The van der Waals surface area contributed by atoms with Crippen molar-refractivity contribution in [1.29, 1.82) is 0 Å². The fourth-order valence-corrected chi connectivity index (χ4v) is 3.39. The molecule has 0 aliphatic rings. The number of aromatic nitrogens is 2. The van der Waals surface area contributed by atoms with Gasteiger partial charge < -0.3 is 4.74 Å². The Morgan fingerprint density at radius 3 is 2.69 bits per heavy atom. The Hall–Kier alpha value is -2.57. The van der Waals surface area contributed by atoms with Crippen molar-refractivity contribution in [2.45, 2.75) is 5.03 Å². The lowest BCUT2D eigenvalue weighted by molar-refractivity contribution is 0.102. The molecule has 0 aliphatic heterocycles. The molecule has 0 unspecified atom stereocenters. The number of Topliss-reactive ketones (excluding diaryl/α,β-unsaturated/α-hetero) is 1. The molecular formula is C19H15ClN2O3S. The van der Waals surface area contributed by atoms with Gasteiger partial charge in [-0.3, -0.25) is 14.2 Å². The van der Waals surface area contributed by atoms with E-state index in [9.17, 15) is 9.59 Å². The number of halogens is 1. The highest BCUT2D eigenvalue weighted by atomic mass is 35.5. The quantitative estimate of drug-likeness (QED) is 0.475. The molecule has 0 spiro atoms. The Bertz CT molecular complexity index is 990. The van der Waals surface area contributed by atoms with E-state index in [-0.39, 0.29) is 22.1 Å². The third-order valence-electron chi connectivity index (χ3n) is 3.66. The SMILES string of the molecule is COc1ccc(-n2ccnc(SCC(=O)c3ccccc3)c2=O)cc1Cl. The zero-order chi connectivity index (χ0) is 18.5. The van der Waals surface area contributed by atoms with Crippen LogP contribution in [0.4, 0.5) is 0 Å². The number of ether oxygens (including phenoxy) is 1. The molecule has 0 saturated carbocycles. The van der Waals surface area contributed by atoms with E-state index >= 15 is 0 Å². The van der Waals surface area contributed by atoms with Crippen LogP contribution in [0.15, 0.2) is 70.7 Å². The van der Waals surface area contributed by atoms with E-state index in [4.69, 9.17) is 16.3 Å². The molecule has 0 atom stereocenters. The van der Waals surface area contributed by atoms with Gasteiger partial charge in [-0.25, -0.2) is 4.98 Å². The lowest BCUT2D eigenvalue weighted by Crippen LogP contribution is -2.21. The molecule has 132 valence electrons. The Morgan fingerprint density at radius 2 is 2.00 bits per heavy atom.